The third kappa shape index (κ3) is 3.52. The van der Waals surface area contributed by atoms with E-state index in [2.05, 4.69) is 13.8 Å². The van der Waals surface area contributed by atoms with Crippen LogP contribution in [0.3, 0.4) is 0 Å². The molecule has 1 fully saturated rings. The third-order valence-corrected chi connectivity index (χ3v) is 3.38. The first-order valence-electron chi connectivity index (χ1n) is 5.28. The van der Waals surface area contributed by atoms with Crippen LogP contribution in [0.2, 0.25) is 0 Å². The van der Waals surface area contributed by atoms with Crippen molar-refractivity contribution < 1.29 is 12.9 Å². The first kappa shape index (κ1) is 11.9. The van der Waals surface area contributed by atoms with Crippen molar-refractivity contribution in [1.82, 2.24) is 4.90 Å². The van der Waals surface area contributed by atoms with Gasteiger partial charge in [0.05, 0.1) is 0 Å². The molecule has 0 radical (unpaired) electrons. The average Bonchev–Trinajstić information content (AvgIpc) is 2.07. The largest absolute Gasteiger partial charge is 0.492 e. The molecule has 0 saturated carbocycles. The predicted molar refractivity (Wildman–Crippen MR) is 53.2 cm³/mol. The van der Waals surface area contributed by atoms with Crippen LogP contribution in [-0.4, -0.2) is 31.4 Å². The number of hydrogen-bond donors (Lipinski definition) is 0. The Kier molecular flexibility index (Phi) is 3.51. The van der Waals surface area contributed by atoms with Crippen LogP contribution in [0.4, 0.5) is 12.9 Å². The fourth-order valence-electron chi connectivity index (χ4n) is 1.92. The normalized spacial score (nSPS) is 23.8. The van der Waals surface area contributed by atoms with E-state index in [1.807, 2.05) is 0 Å². The van der Waals surface area contributed by atoms with E-state index in [1.165, 1.54) is 4.90 Å². The highest BCUT2D eigenvalue weighted by Crippen LogP contribution is 2.34. The molecule has 0 atom stereocenters. The lowest BCUT2D eigenvalue weighted by atomic mass is 9.77. The minimum atomic E-state index is -4.64. The van der Waals surface area contributed by atoms with E-state index in [9.17, 15) is 12.9 Å². The summed E-state index contributed by atoms with van der Waals surface area (Å²) >= 11 is 0. The molecule has 0 aromatic carbocycles. The van der Waals surface area contributed by atoms with Crippen LogP contribution in [0, 0.1) is 5.41 Å². The van der Waals surface area contributed by atoms with Gasteiger partial charge in [-0.2, -0.15) is 0 Å². The van der Waals surface area contributed by atoms with Gasteiger partial charge in [-0.25, -0.2) is 0 Å². The molecule has 5 heteroatoms. The number of halogens is 3. The highest BCUT2D eigenvalue weighted by molar-refractivity contribution is 6.58. The van der Waals surface area contributed by atoms with Gasteiger partial charge in [0.25, 0.3) is 0 Å². The lowest BCUT2D eigenvalue weighted by Crippen LogP contribution is -2.44. The molecule has 14 heavy (non-hydrogen) atoms. The Labute approximate surface area is 83.7 Å². The van der Waals surface area contributed by atoms with E-state index >= 15 is 0 Å². The Morgan fingerprint density at radius 2 is 1.71 bits per heavy atom. The molecular formula is C9H18BF3N-. The maximum Gasteiger partial charge on any atom is 0.492 e. The zero-order chi connectivity index (χ0) is 10.8. The Morgan fingerprint density at radius 3 is 2.07 bits per heavy atom. The molecule has 0 unspecified atom stereocenters. The summed E-state index contributed by atoms with van der Waals surface area (Å²) < 4.78 is 36.4. The summed E-state index contributed by atoms with van der Waals surface area (Å²) in [6.07, 6.45) is 2.18. The van der Waals surface area contributed by atoms with E-state index in [0.29, 0.717) is 13.1 Å². The van der Waals surface area contributed by atoms with Crippen LogP contribution in [0.25, 0.3) is 0 Å². The fourth-order valence-corrected chi connectivity index (χ4v) is 1.92. The van der Waals surface area contributed by atoms with Gasteiger partial charge in [-0.3, -0.25) is 0 Å². The first-order chi connectivity index (χ1) is 6.35. The summed E-state index contributed by atoms with van der Waals surface area (Å²) in [6.45, 7) is 0.848. The molecule has 0 spiro atoms. The number of nitrogens with zero attached hydrogens (tertiary/aromatic N) is 1. The summed E-state index contributed by atoms with van der Waals surface area (Å²) in [5.41, 5.74) is 0.273. The van der Waals surface area contributed by atoms with Gasteiger partial charge in [0.15, 0.2) is 0 Å². The highest BCUT2D eigenvalue weighted by atomic mass is 19.4. The Hall–Kier alpha value is -0.185. The van der Waals surface area contributed by atoms with Gasteiger partial charge in [-0.1, -0.05) is 20.3 Å². The molecule has 1 rings (SSSR count). The first-order valence-corrected chi connectivity index (χ1v) is 5.28. The fraction of sp³-hybridized carbons (Fsp3) is 1.00. The molecule has 1 saturated heterocycles. The van der Waals surface area contributed by atoms with Gasteiger partial charge in [0.2, 0.25) is 0 Å². The second-order valence-electron chi connectivity index (χ2n) is 4.68. The SMILES string of the molecule is CCC1(C)CCN(C[B-](F)(F)F)CC1. The summed E-state index contributed by atoms with van der Waals surface area (Å²) in [5, 5.41) is 0. The van der Waals surface area contributed by atoms with Crippen LogP contribution >= 0.6 is 0 Å². The van der Waals surface area contributed by atoms with Crippen LogP contribution in [0.5, 0.6) is 0 Å². The zero-order valence-corrected chi connectivity index (χ0v) is 8.90. The highest BCUT2D eigenvalue weighted by Gasteiger charge is 2.32. The van der Waals surface area contributed by atoms with Gasteiger partial charge in [0.1, 0.15) is 0 Å². The number of hydrogen-bond acceptors (Lipinski definition) is 1. The molecule has 0 aliphatic carbocycles. The molecule has 1 nitrogen and oxygen atoms in total. The molecule has 0 amide bonds. The van der Waals surface area contributed by atoms with Crippen molar-refractivity contribution in [3.05, 3.63) is 0 Å². The van der Waals surface area contributed by atoms with E-state index in [0.717, 1.165) is 19.3 Å². The summed E-state index contributed by atoms with van der Waals surface area (Å²) in [6, 6.07) is 0. The van der Waals surface area contributed by atoms with Crippen LogP contribution in [-0.2, 0) is 0 Å². The number of rotatable bonds is 3. The van der Waals surface area contributed by atoms with E-state index < -0.39 is 13.4 Å². The molecule has 0 aromatic heterocycles. The van der Waals surface area contributed by atoms with Gasteiger partial charge >= 0.3 is 6.98 Å². The van der Waals surface area contributed by atoms with Crippen molar-refractivity contribution in [2.24, 2.45) is 5.41 Å². The van der Waals surface area contributed by atoms with E-state index in [1.54, 1.807) is 0 Å². The van der Waals surface area contributed by atoms with Gasteiger partial charge in [0, 0.05) is 0 Å². The number of piperidine rings is 1. The van der Waals surface area contributed by atoms with Crippen LogP contribution in [0.15, 0.2) is 0 Å². The van der Waals surface area contributed by atoms with Crippen molar-refractivity contribution in [3.63, 3.8) is 0 Å². The molecule has 0 N–H and O–H groups in total. The second-order valence-corrected chi connectivity index (χ2v) is 4.68. The lowest BCUT2D eigenvalue weighted by Gasteiger charge is -2.40. The smallest absolute Gasteiger partial charge is 0.448 e. The average molecular weight is 208 g/mol. The van der Waals surface area contributed by atoms with Crippen molar-refractivity contribution in [2.45, 2.75) is 33.1 Å². The van der Waals surface area contributed by atoms with Crippen LogP contribution < -0.4 is 0 Å². The standard InChI is InChI=1S/C9H18BF3N/c1-3-9(2)4-6-14(7-5-9)8-10(11,12)13/h3-8H2,1-2H3/q-1. The van der Waals surface area contributed by atoms with Gasteiger partial charge in [-0.15, -0.1) is 0 Å². The maximum atomic E-state index is 12.1. The summed E-state index contributed by atoms with van der Waals surface area (Å²) in [4.78, 5) is 1.54. The third-order valence-electron chi connectivity index (χ3n) is 3.38. The minimum absolute atomic E-state index is 0.273. The van der Waals surface area contributed by atoms with Crippen molar-refractivity contribution in [2.75, 3.05) is 19.5 Å². The van der Waals surface area contributed by atoms with E-state index in [-0.39, 0.29) is 5.41 Å². The summed E-state index contributed by atoms with van der Waals surface area (Å²) in [7, 11) is 0. The van der Waals surface area contributed by atoms with Gasteiger partial charge < -0.3 is 17.8 Å². The predicted octanol–water partition coefficient (Wildman–Crippen LogP) is 2.89. The van der Waals surface area contributed by atoms with Crippen molar-refractivity contribution >= 4 is 6.98 Å². The van der Waals surface area contributed by atoms with Gasteiger partial charge in [-0.05, 0) is 37.8 Å². The van der Waals surface area contributed by atoms with Crippen LogP contribution in [0.1, 0.15) is 33.1 Å². The summed E-state index contributed by atoms with van der Waals surface area (Å²) in [5.74, 6) is 0. The Bertz CT molecular complexity index is 185. The Morgan fingerprint density at radius 1 is 1.21 bits per heavy atom. The Balaban J connectivity index is 2.36. The molecular weight excluding hydrogens is 190 g/mol. The second kappa shape index (κ2) is 4.13. The quantitative estimate of drug-likeness (QED) is 0.644. The number of likely N-dealkylation sites (tertiary alicyclic amines) is 1. The molecule has 1 aliphatic heterocycles. The van der Waals surface area contributed by atoms with E-state index in [4.69, 9.17) is 0 Å². The molecule has 1 aliphatic rings. The zero-order valence-electron chi connectivity index (χ0n) is 8.90. The molecule has 1 heterocycles. The lowest BCUT2D eigenvalue weighted by molar-refractivity contribution is 0.121. The van der Waals surface area contributed by atoms with Crippen molar-refractivity contribution in [1.29, 1.82) is 0 Å². The molecule has 84 valence electrons. The minimum Gasteiger partial charge on any atom is -0.448 e. The molecule has 0 aromatic rings. The maximum absolute atomic E-state index is 12.1. The topological polar surface area (TPSA) is 3.24 Å². The molecule has 0 bridgehead atoms. The monoisotopic (exact) mass is 208 g/mol. The van der Waals surface area contributed by atoms with Crippen molar-refractivity contribution in [3.8, 4) is 0 Å².